The van der Waals surface area contributed by atoms with E-state index in [9.17, 15) is 8.42 Å². The van der Waals surface area contributed by atoms with Gasteiger partial charge in [-0.05, 0) is 6.92 Å². The average Bonchev–Trinajstić information content (AvgIpc) is 2.78. The number of aliphatic hydroxyl groups is 1. The number of imidazole rings is 1. The molecule has 0 radical (unpaired) electrons. The zero-order chi connectivity index (χ0) is 12.9. The second kappa shape index (κ2) is 5.95. The lowest BCUT2D eigenvalue weighted by Gasteiger charge is -2.17. The molecule has 0 aliphatic carbocycles. The molecule has 1 aromatic rings. The van der Waals surface area contributed by atoms with Gasteiger partial charge in [0.25, 0.3) is 10.0 Å². The van der Waals surface area contributed by atoms with Gasteiger partial charge in [-0.3, -0.25) is 0 Å². The summed E-state index contributed by atoms with van der Waals surface area (Å²) in [5.74, 6) is 0. The summed E-state index contributed by atoms with van der Waals surface area (Å²) < 4.78 is 27.1. The highest BCUT2D eigenvalue weighted by molar-refractivity contribution is 7.89. The number of nitrogens with zero attached hydrogens (tertiary/aromatic N) is 3. The molecule has 1 rings (SSSR count). The Balaban J connectivity index is 3.02. The van der Waals surface area contributed by atoms with Crippen LogP contribution < -0.4 is 0 Å². The van der Waals surface area contributed by atoms with Gasteiger partial charge in [-0.2, -0.15) is 4.31 Å². The molecule has 0 spiro atoms. The predicted octanol–water partition coefficient (Wildman–Crippen LogP) is 0.0720. The fraction of sp³-hybridized carbons (Fsp3) is 0.500. The average molecular weight is 259 g/mol. The molecule has 0 aliphatic rings. The quantitative estimate of drug-likeness (QED) is 0.703. The van der Waals surface area contributed by atoms with Crippen molar-refractivity contribution < 1.29 is 13.5 Å². The van der Waals surface area contributed by atoms with Crippen LogP contribution in [0, 0.1) is 0 Å². The second-order valence-corrected chi connectivity index (χ2v) is 5.30. The van der Waals surface area contributed by atoms with E-state index in [4.69, 9.17) is 5.11 Å². The molecular formula is C10H17N3O3S. The Morgan fingerprint density at radius 2 is 2.35 bits per heavy atom. The van der Waals surface area contributed by atoms with Crippen molar-refractivity contribution >= 4 is 10.0 Å². The summed E-state index contributed by atoms with van der Waals surface area (Å²) in [5.41, 5.74) is 0. The van der Waals surface area contributed by atoms with Gasteiger partial charge in [-0.1, -0.05) is 6.08 Å². The number of hydrogen-bond acceptors (Lipinski definition) is 4. The highest BCUT2D eigenvalue weighted by Gasteiger charge is 2.25. The number of rotatable bonds is 7. The van der Waals surface area contributed by atoms with E-state index in [-0.39, 0.29) is 24.7 Å². The van der Waals surface area contributed by atoms with Crippen LogP contribution in [0.4, 0.5) is 0 Å². The smallest absolute Gasteiger partial charge is 0.262 e. The van der Waals surface area contributed by atoms with Crippen molar-refractivity contribution in [2.45, 2.75) is 18.5 Å². The number of aromatic nitrogens is 2. The fourth-order valence-electron chi connectivity index (χ4n) is 1.34. The zero-order valence-electron chi connectivity index (χ0n) is 9.78. The Morgan fingerprint density at radius 3 is 2.82 bits per heavy atom. The van der Waals surface area contributed by atoms with Crippen molar-refractivity contribution in [3.05, 3.63) is 25.2 Å². The van der Waals surface area contributed by atoms with Gasteiger partial charge in [0, 0.05) is 25.8 Å². The lowest BCUT2D eigenvalue weighted by molar-refractivity contribution is 0.260. The van der Waals surface area contributed by atoms with Gasteiger partial charge in [-0.15, -0.1) is 6.58 Å². The monoisotopic (exact) mass is 259 g/mol. The summed E-state index contributed by atoms with van der Waals surface area (Å²) >= 11 is 0. The van der Waals surface area contributed by atoms with Crippen LogP contribution in [0.2, 0.25) is 0 Å². The molecule has 1 heterocycles. The number of aliphatic hydroxyl groups excluding tert-OH is 1. The topological polar surface area (TPSA) is 75.4 Å². The van der Waals surface area contributed by atoms with Gasteiger partial charge < -0.3 is 9.67 Å². The highest BCUT2D eigenvalue weighted by Crippen LogP contribution is 2.12. The van der Waals surface area contributed by atoms with Crippen LogP contribution in [-0.4, -0.2) is 47.1 Å². The van der Waals surface area contributed by atoms with Crippen LogP contribution in [0.15, 0.2) is 30.2 Å². The Bertz CT molecular complexity index is 467. The molecule has 0 unspecified atom stereocenters. The van der Waals surface area contributed by atoms with E-state index in [1.54, 1.807) is 4.57 Å². The molecule has 0 atom stereocenters. The summed E-state index contributed by atoms with van der Waals surface area (Å²) in [4.78, 5) is 3.86. The maximum absolute atomic E-state index is 12.1. The molecular weight excluding hydrogens is 242 g/mol. The molecule has 0 aliphatic heterocycles. The third kappa shape index (κ3) is 3.15. The van der Waals surface area contributed by atoms with Crippen LogP contribution in [0.3, 0.4) is 0 Å². The molecule has 96 valence electrons. The Labute approximate surface area is 101 Å². The van der Waals surface area contributed by atoms with Crippen molar-refractivity contribution in [1.29, 1.82) is 0 Å². The van der Waals surface area contributed by atoms with E-state index >= 15 is 0 Å². The minimum Gasteiger partial charge on any atom is -0.395 e. The van der Waals surface area contributed by atoms with E-state index in [1.807, 2.05) is 6.92 Å². The van der Waals surface area contributed by atoms with Gasteiger partial charge >= 0.3 is 0 Å². The van der Waals surface area contributed by atoms with Crippen LogP contribution in [-0.2, 0) is 16.6 Å². The molecule has 0 aromatic carbocycles. The first-order valence-corrected chi connectivity index (χ1v) is 6.74. The molecule has 0 amide bonds. The normalized spacial score (nSPS) is 11.9. The fourth-order valence-corrected chi connectivity index (χ4v) is 2.68. The summed E-state index contributed by atoms with van der Waals surface area (Å²) in [6, 6.07) is 0. The lowest BCUT2D eigenvalue weighted by Crippen LogP contribution is -2.34. The minimum absolute atomic E-state index is 0.00495. The number of sulfonamides is 1. The molecule has 1 aromatic heterocycles. The predicted molar refractivity (Wildman–Crippen MR) is 63.9 cm³/mol. The number of hydrogen-bond donors (Lipinski definition) is 1. The van der Waals surface area contributed by atoms with E-state index in [0.717, 1.165) is 4.31 Å². The maximum Gasteiger partial charge on any atom is 0.262 e. The van der Waals surface area contributed by atoms with Crippen LogP contribution in [0.1, 0.15) is 6.92 Å². The third-order valence-corrected chi connectivity index (χ3v) is 4.01. The van der Waals surface area contributed by atoms with Crippen molar-refractivity contribution in [3.63, 3.8) is 0 Å². The highest BCUT2D eigenvalue weighted by atomic mass is 32.2. The maximum atomic E-state index is 12.1. The number of aryl methyl sites for hydroxylation is 1. The first-order valence-electron chi connectivity index (χ1n) is 5.30. The molecule has 1 N–H and O–H groups in total. The summed E-state index contributed by atoms with van der Waals surface area (Å²) in [6.07, 6.45) is 4.42. The van der Waals surface area contributed by atoms with Crippen LogP contribution in [0.25, 0.3) is 0 Å². The van der Waals surface area contributed by atoms with E-state index in [1.165, 1.54) is 18.6 Å². The molecule has 0 saturated heterocycles. The standard InChI is InChI=1S/C10H17N3O3S/c1-3-5-13(6-7-14)17(15,16)10-8-12(4-2)9-11-10/h3,8-9,14H,1,4-7H2,2H3. The summed E-state index contributed by atoms with van der Waals surface area (Å²) in [5, 5.41) is 8.85. The minimum atomic E-state index is -3.64. The molecule has 0 saturated carbocycles. The van der Waals surface area contributed by atoms with Crippen molar-refractivity contribution in [2.75, 3.05) is 19.7 Å². The molecule has 6 nitrogen and oxygen atoms in total. The largest absolute Gasteiger partial charge is 0.395 e. The Hall–Kier alpha value is -1.18. The Morgan fingerprint density at radius 1 is 1.65 bits per heavy atom. The van der Waals surface area contributed by atoms with Gasteiger partial charge in [0.15, 0.2) is 5.03 Å². The van der Waals surface area contributed by atoms with Crippen molar-refractivity contribution in [3.8, 4) is 0 Å². The first kappa shape index (κ1) is 13.9. The van der Waals surface area contributed by atoms with Crippen molar-refractivity contribution in [1.82, 2.24) is 13.9 Å². The van der Waals surface area contributed by atoms with Gasteiger partial charge in [0.2, 0.25) is 0 Å². The summed E-state index contributed by atoms with van der Waals surface area (Å²) in [7, 11) is -3.64. The van der Waals surface area contributed by atoms with E-state index in [0.29, 0.717) is 6.54 Å². The molecule has 7 heteroatoms. The molecule has 0 bridgehead atoms. The summed E-state index contributed by atoms with van der Waals surface area (Å²) in [6.45, 7) is 6.01. The van der Waals surface area contributed by atoms with E-state index in [2.05, 4.69) is 11.6 Å². The second-order valence-electron chi connectivity index (χ2n) is 3.42. The van der Waals surface area contributed by atoms with Gasteiger partial charge in [-0.25, -0.2) is 13.4 Å². The molecule has 0 fully saturated rings. The molecule has 17 heavy (non-hydrogen) atoms. The van der Waals surface area contributed by atoms with Crippen molar-refractivity contribution in [2.24, 2.45) is 0 Å². The zero-order valence-corrected chi connectivity index (χ0v) is 10.6. The third-order valence-electron chi connectivity index (χ3n) is 2.26. The van der Waals surface area contributed by atoms with Gasteiger partial charge in [0.05, 0.1) is 12.9 Å². The SMILES string of the molecule is C=CCN(CCO)S(=O)(=O)c1cn(CC)cn1. The Kier molecular flexibility index (Phi) is 4.86. The lowest BCUT2D eigenvalue weighted by atomic mass is 10.6. The van der Waals surface area contributed by atoms with Crippen LogP contribution >= 0.6 is 0 Å². The first-order chi connectivity index (χ1) is 8.06. The van der Waals surface area contributed by atoms with Crippen LogP contribution in [0.5, 0.6) is 0 Å². The van der Waals surface area contributed by atoms with Gasteiger partial charge in [0.1, 0.15) is 0 Å². The van der Waals surface area contributed by atoms with E-state index < -0.39 is 10.0 Å².